The Morgan fingerprint density at radius 2 is 1.04 bits per heavy atom. The minimum absolute atomic E-state index is 0.455. The summed E-state index contributed by atoms with van der Waals surface area (Å²) in [5.41, 5.74) is 7.57. The summed E-state index contributed by atoms with van der Waals surface area (Å²) in [6, 6.07) is 42.2. The van der Waals surface area contributed by atoms with E-state index in [-0.39, 0.29) is 0 Å². The molecule has 1 aliphatic carbocycles. The number of hydrogen-bond donors (Lipinski definition) is 0. The zero-order valence-electron chi connectivity index (χ0n) is 24.8. The van der Waals surface area contributed by atoms with Gasteiger partial charge >= 0.3 is 0 Å². The highest BCUT2D eigenvalue weighted by Gasteiger charge is 2.24. The molecule has 0 saturated carbocycles. The third-order valence-electron chi connectivity index (χ3n) is 8.87. The van der Waals surface area contributed by atoms with E-state index in [0.29, 0.717) is 23.5 Å². The van der Waals surface area contributed by atoms with Crippen LogP contribution in [0.1, 0.15) is 13.3 Å². The van der Waals surface area contributed by atoms with Gasteiger partial charge < -0.3 is 4.57 Å². The number of rotatable bonds is 4. The van der Waals surface area contributed by atoms with Crippen LogP contribution >= 0.6 is 0 Å². The molecule has 0 aliphatic heterocycles. The number of nitrogens with zero attached hydrogens (tertiary/aromatic N) is 5. The van der Waals surface area contributed by atoms with E-state index in [4.69, 9.17) is 15.0 Å². The maximum atomic E-state index is 5.19. The van der Waals surface area contributed by atoms with E-state index in [0.717, 1.165) is 39.5 Å². The van der Waals surface area contributed by atoms with Crippen molar-refractivity contribution in [3.05, 3.63) is 140 Å². The Morgan fingerprint density at radius 3 is 1.62 bits per heavy atom. The number of hydrogen-bond acceptors (Lipinski definition) is 3. The molecule has 0 N–H and O–H groups in total. The molecule has 214 valence electrons. The van der Waals surface area contributed by atoms with Crippen LogP contribution in [0.15, 0.2) is 140 Å². The van der Waals surface area contributed by atoms with E-state index in [2.05, 4.69) is 119 Å². The molecule has 0 fully saturated rings. The number of para-hydroxylation sites is 2. The van der Waals surface area contributed by atoms with Gasteiger partial charge in [-0.15, -0.1) is 0 Å². The summed E-state index contributed by atoms with van der Waals surface area (Å²) < 4.78 is 4.69. The lowest BCUT2D eigenvalue weighted by atomic mass is 10.0. The van der Waals surface area contributed by atoms with Crippen molar-refractivity contribution in [2.45, 2.75) is 13.3 Å². The van der Waals surface area contributed by atoms with Crippen LogP contribution in [0.5, 0.6) is 0 Å². The molecule has 0 amide bonds. The Bertz CT molecular complexity index is 2410. The fourth-order valence-corrected chi connectivity index (χ4v) is 6.84. The number of fused-ring (bicyclic) bond motifs is 7. The van der Waals surface area contributed by atoms with E-state index in [1.807, 2.05) is 36.4 Å². The molecule has 9 rings (SSSR count). The van der Waals surface area contributed by atoms with Gasteiger partial charge in [0.05, 0.1) is 22.1 Å². The predicted molar refractivity (Wildman–Crippen MR) is 185 cm³/mol. The summed E-state index contributed by atoms with van der Waals surface area (Å²) in [5.74, 6) is 2.34. The zero-order valence-corrected chi connectivity index (χ0v) is 24.8. The van der Waals surface area contributed by atoms with Crippen molar-refractivity contribution >= 4 is 49.3 Å². The predicted octanol–water partition coefficient (Wildman–Crippen LogP) is 9.85. The minimum Gasteiger partial charge on any atom is -0.308 e. The average molecular weight is 580 g/mol. The summed E-state index contributed by atoms with van der Waals surface area (Å²) >= 11 is 0. The molecule has 0 spiro atoms. The summed E-state index contributed by atoms with van der Waals surface area (Å²) in [5, 5.41) is 4.76. The molecule has 0 radical (unpaired) electrons. The molecule has 5 aromatic carbocycles. The van der Waals surface area contributed by atoms with Crippen LogP contribution in [0.25, 0.3) is 78.0 Å². The summed E-state index contributed by atoms with van der Waals surface area (Å²) in [4.78, 5) is 15.4. The van der Waals surface area contributed by atoms with Crippen molar-refractivity contribution in [2.24, 2.45) is 5.92 Å². The molecule has 0 bridgehead atoms. The third-order valence-corrected chi connectivity index (χ3v) is 8.87. The van der Waals surface area contributed by atoms with Crippen molar-refractivity contribution in [3.63, 3.8) is 0 Å². The second kappa shape index (κ2) is 10.1. The molecule has 1 unspecified atom stereocenters. The number of benzene rings is 5. The van der Waals surface area contributed by atoms with Gasteiger partial charge in [-0.25, -0.2) is 4.98 Å². The fraction of sp³-hybridized carbons (Fsp3) is 0.0750. The SMILES string of the molecule is CC1C=C(n2c3ccccc3c3ccc4c5ccccc5n(-c5nc(-c6ccccc6)nc(-c6ccccc6)n5)c4c32)C=CC1. The van der Waals surface area contributed by atoms with Crippen molar-refractivity contribution in [1.82, 2.24) is 24.1 Å². The van der Waals surface area contributed by atoms with Gasteiger partial charge in [0.15, 0.2) is 11.6 Å². The van der Waals surface area contributed by atoms with E-state index in [1.54, 1.807) is 0 Å². The molecular weight excluding hydrogens is 550 g/mol. The van der Waals surface area contributed by atoms with Gasteiger partial charge in [0.1, 0.15) is 0 Å². The molecule has 5 nitrogen and oxygen atoms in total. The maximum Gasteiger partial charge on any atom is 0.238 e. The maximum absolute atomic E-state index is 5.19. The molecule has 8 aromatic rings. The lowest BCUT2D eigenvalue weighted by molar-refractivity contribution is 0.735. The summed E-state index contributed by atoms with van der Waals surface area (Å²) in [7, 11) is 0. The fourth-order valence-electron chi connectivity index (χ4n) is 6.84. The van der Waals surface area contributed by atoms with Gasteiger partial charge in [0, 0.05) is 38.4 Å². The molecular formula is C40H29N5. The van der Waals surface area contributed by atoms with Crippen LogP contribution in [0.4, 0.5) is 0 Å². The third kappa shape index (κ3) is 4.05. The summed E-state index contributed by atoms with van der Waals surface area (Å²) in [6.07, 6.45) is 8.00. The van der Waals surface area contributed by atoms with Gasteiger partial charge in [0.25, 0.3) is 0 Å². The quantitative estimate of drug-likeness (QED) is 0.208. The largest absolute Gasteiger partial charge is 0.308 e. The topological polar surface area (TPSA) is 48.5 Å². The second-order valence-electron chi connectivity index (χ2n) is 11.8. The van der Waals surface area contributed by atoms with Crippen LogP contribution < -0.4 is 0 Å². The normalized spacial score (nSPS) is 15.0. The lowest BCUT2D eigenvalue weighted by Gasteiger charge is -2.17. The second-order valence-corrected chi connectivity index (χ2v) is 11.8. The Balaban J connectivity index is 1.46. The van der Waals surface area contributed by atoms with Gasteiger partial charge in [-0.05, 0) is 30.5 Å². The first-order valence-corrected chi connectivity index (χ1v) is 15.5. The summed E-state index contributed by atoms with van der Waals surface area (Å²) in [6.45, 7) is 2.28. The lowest BCUT2D eigenvalue weighted by Crippen LogP contribution is -2.07. The molecule has 3 heterocycles. The van der Waals surface area contributed by atoms with Crippen LogP contribution in [0.3, 0.4) is 0 Å². The van der Waals surface area contributed by atoms with Crippen molar-refractivity contribution < 1.29 is 0 Å². The van der Waals surface area contributed by atoms with Crippen molar-refractivity contribution in [2.75, 3.05) is 0 Å². The Kier molecular flexibility index (Phi) is 5.78. The standard InChI is InChI=1S/C40H29N5/c1-26-13-12-18-29(25-26)44-34-21-10-8-19-30(34)32-23-24-33-31-20-9-11-22-35(31)45(37(33)36(32)44)40-42-38(27-14-4-2-5-15-27)41-39(43-40)28-16-6-3-7-17-28/h2-12,14-26H,13H2,1H3. The van der Waals surface area contributed by atoms with Gasteiger partial charge in [-0.1, -0.05) is 128 Å². The molecule has 3 aromatic heterocycles. The van der Waals surface area contributed by atoms with E-state index in [1.165, 1.54) is 27.4 Å². The van der Waals surface area contributed by atoms with E-state index < -0.39 is 0 Å². The monoisotopic (exact) mass is 579 g/mol. The van der Waals surface area contributed by atoms with Gasteiger partial charge in [-0.2, -0.15) is 9.97 Å². The van der Waals surface area contributed by atoms with Crippen molar-refractivity contribution in [1.29, 1.82) is 0 Å². The average Bonchev–Trinajstić information content (AvgIpc) is 3.62. The molecule has 0 saturated heterocycles. The van der Waals surface area contributed by atoms with Crippen LogP contribution in [-0.4, -0.2) is 24.1 Å². The van der Waals surface area contributed by atoms with Crippen molar-refractivity contribution in [3.8, 4) is 28.7 Å². The van der Waals surface area contributed by atoms with E-state index in [9.17, 15) is 0 Å². The van der Waals surface area contributed by atoms with Gasteiger partial charge in [0.2, 0.25) is 5.95 Å². The molecule has 45 heavy (non-hydrogen) atoms. The van der Waals surface area contributed by atoms with Crippen LogP contribution in [-0.2, 0) is 0 Å². The highest BCUT2D eigenvalue weighted by Crippen LogP contribution is 2.42. The first-order chi connectivity index (χ1) is 22.2. The Hall–Kier alpha value is -5.81. The van der Waals surface area contributed by atoms with Crippen LogP contribution in [0.2, 0.25) is 0 Å². The number of aromatic nitrogens is 5. The van der Waals surface area contributed by atoms with E-state index >= 15 is 0 Å². The highest BCUT2D eigenvalue weighted by molar-refractivity contribution is 6.24. The Morgan fingerprint density at radius 1 is 0.533 bits per heavy atom. The first kappa shape index (κ1) is 25.7. The molecule has 1 atom stereocenters. The Labute approximate surface area is 260 Å². The molecule has 5 heteroatoms. The van der Waals surface area contributed by atoms with Gasteiger partial charge in [-0.3, -0.25) is 4.57 Å². The highest BCUT2D eigenvalue weighted by atomic mass is 15.2. The minimum atomic E-state index is 0.455. The first-order valence-electron chi connectivity index (χ1n) is 15.5. The molecule has 1 aliphatic rings. The number of allylic oxidation sites excluding steroid dienone is 4. The smallest absolute Gasteiger partial charge is 0.238 e. The zero-order chi connectivity index (χ0) is 29.9. The van der Waals surface area contributed by atoms with Crippen LogP contribution in [0, 0.1) is 5.92 Å².